The number of fused-ring (bicyclic) bond motifs is 1. The minimum Gasteiger partial charge on any atom is -0.493 e. The van der Waals surface area contributed by atoms with Crippen LogP contribution in [0.5, 0.6) is 5.75 Å². The topological polar surface area (TPSA) is 100.0 Å². The Morgan fingerprint density at radius 2 is 1.91 bits per heavy atom. The highest BCUT2D eigenvalue weighted by Gasteiger charge is 2.27. The van der Waals surface area contributed by atoms with Crippen molar-refractivity contribution in [1.82, 2.24) is 13.9 Å². The van der Waals surface area contributed by atoms with E-state index in [1.165, 1.54) is 10.4 Å². The Bertz CT molecular complexity index is 1330. The van der Waals surface area contributed by atoms with Crippen LogP contribution in [0.25, 0.3) is 17.1 Å². The lowest BCUT2D eigenvalue weighted by molar-refractivity contribution is -0.139. The maximum Gasteiger partial charge on any atom is 0.331 e. The van der Waals surface area contributed by atoms with Gasteiger partial charge in [0.1, 0.15) is 18.2 Å². The van der Waals surface area contributed by atoms with Gasteiger partial charge in [-0.15, -0.1) is 0 Å². The van der Waals surface area contributed by atoms with Crippen LogP contribution in [0, 0.1) is 0 Å². The lowest BCUT2D eigenvalue weighted by Gasteiger charge is -2.26. The molecule has 0 N–H and O–H groups in total. The Morgan fingerprint density at radius 3 is 2.66 bits per heavy atom. The Labute approximate surface area is 205 Å². The number of aryl methyl sites for hydroxylation is 1. The number of sulfonamides is 1. The zero-order chi connectivity index (χ0) is 24.8. The van der Waals surface area contributed by atoms with Gasteiger partial charge in [0.25, 0.3) is 0 Å². The van der Waals surface area contributed by atoms with E-state index in [0.717, 1.165) is 11.1 Å². The van der Waals surface area contributed by atoms with E-state index in [-0.39, 0.29) is 11.5 Å². The lowest BCUT2D eigenvalue weighted by atomic mass is 10.2. The summed E-state index contributed by atoms with van der Waals surface area (Å²) in [6.45, 7) is 6.35. The van der Waals surface area contributed by atoms with Crippen molar-refractivity contribution in [2.45, 2.75) is 31.9 Å². The van der Waals surface area contributed by atoms with E-state index in [4.69, 9.17) is 14.2 Å². The number of aromatic nitrogens is 2. The summed E-state index contributed by atoms with van der Waals surface area (Å²) in [4.78, 5) is 17.1. The fraction of sp³-hybridized carbons (Fsp3) is 0.360. The SMILES string of the molecule is CCOc1ccccc1/C=C/C(=O)OCc1nc2cc(S(=O)(=O)N3CCOCC3)ccc2n1CC. The molecule has 4 rings (SSSR count). The summed E-state index contributed by atoms with van der Waals surface area (Å²) in [6, 6.07) is 12.3. The molecule has 2 heterocycles. The third-order valence-electron chi connectivity index (χ3n) is 5.68. The molecule has 0 unspecified atom stereocenters. The van der Waals surface area contributed by atoms with Gasteiger partial charge >= 0.3 is 5.97 Å². The molecular formula is C25H29N3O6S. The first kappa shape index (κ1) is 24.9. The molecule has 2 aromatic carbocycles. The first-order chi connectivity index (χ1) is 16.9. The molecule has 1 fully saturated rings. The van der Waals surface area contributed by atoms with Crippen LogP contribution in [-0.2, 0) is 37.4 Å². The highest BCUT2D eigenvalue weighted by atomic mass is 32.2. The Morgan fingerprint density at radius 1 is 1.14 bits per heavy atom. The number of hydrogen-bond acceptors (Lipinski definition) is 7. The predicted octanol–water partition coefficient (Wildman–Crippen LogP) is 3.23. The molecule has 0 amide bonds. The van der Waals surface area contributed by atoms with Crippen LogP contribution in [0.4, 0.5) is 0 Å². The molecule has 1 aliphatic rings. The number of carbonyl (C=O) groups is 1. The van der Waals surface area contributed by atoms with Gasteiger partial charge in [0.2, 0.25) is 10.0 Å². The molecule has 35 heavy (non-hydrogen) atoms. The average Bonchev–Trinajstić information content (AvgIpc) is 3.24. The highest BCUT2D eigenvalue weighted by molar-refractivity contribution is 7.89. The molecule has 0 radical (unpaired) electrons. The second kappa shape index (κ2) is 11.0. The number of rotatable bonds is 9. The summed E-state index contributed by atoms with van der Waals surface area (Å²) < 4.78 is 45.6. The number of benzene rings is 2. The molecule has 1 aliphatic heterocycles. The van der Waals surface area contributed by atoms with Crippen LogP contribution >= 0.6 is 0 Å². The van der Waals surface area contributed by atoms with E-state index in [0.29, 0.717) is 56.5 Å². The molecule has 0 aliphatic carbocycles. The molecule has 3 aromatic rings. The summed E-state index contributed by atoms with van der Waals surface area (Å²) >= 11 is 0. The molecule has 10 heteroatoms. The fourth-order valence-corrected chi connectivity index (χ4v) is 5.39. The molecule has 0 bridgehead atoms. The largest absolute Gasteiger partial charge is 0.493 e. The van der Waals surface area contributed by atoms with Gasteiger partial charge in [0.05, 0.1) is 35.7 Å². The molecule has 0 atom stereocenters. The van der Waals surface area contributed by atoms with Crippen molar-refractivity contribution in [3.8, 4) is 5.75 Å². The minimum absolute atomic E-state index is 0.0374. The summed E-state index contributed by atoms with van der Waals surface area (Å²) in [5.74, 6) is 0.719. The summed E-state index contributed by atoms with van der Waals surface area (Å²) in [5.41, 5.74) is 2.09. The van der Waals surface area contributed by atoms with Crippen molar-refractivity contribution in [3.05, 3.63) is 59.9 Å². The van der Waals surface area contributed by atoms with E-state index in [1.807, 2.05) is 42.7 Å². The van der Waals surface area contributed by atoms with Crippen molar-refractivity contribution in [3.63, 3.8) is 0 Å². The van der Waals surface area contributed by atoms with Gasteiger partial charge in [-0.25, -0.2) is 18.2 Å². The zero-order valence-corrected chi connectivity index (χ0v) is 20.7. The fourth-order valence-electron chi connectivity index (χ4n) is 3.97. The van der Waals surface area contributed by atoms with Crippen LogP contribution in [0.2, 0.25) is 0 Å². The molecule has 1 aromatic heterocycles. The third kappa shape index (κ3) is 5.55. The van der Waals surface area contributed by atoms with Crippen molar-refractivity contribution in [2.24, 2.45) is 0 Å². The van der Waals surface area contributed by atoms with Gasteiger partial charge < -0.3 is 18.8 Å². The van der Waals surface area contributed by atoms with Gasteiger partial charge in [0, 0.05) is 31.3 Å². The molecule has 9 nitrogen and oxygen atoms in total. The minimum atomic E-state index is -3.63. The van der Waals surface area contributed by atoms with Crippen LogP contribution in [0.3, 0.4) is 0 Å². The molecule has 0 saturated carbocycles. The van der Waals surface area contributed by atoms with Gasteiger partial charge in [-0.3, -0.25) is 0 Å². The Kier molecular flexibility index (Phi) is 7.84. The predicted molar refractivity (Wildman–Crippen MR) is 131 cm³/mol. The molecule has 1 saturated heterocycles. The summed E-state index contributed by atoms with van der Waals surface area (Å²) in [7, 11) is -3.63. The van der Waals surface area contributed by atoms with Gasteiger partial charge in [-0.05, 0) is 44.2 Å². The monoisotopic (exact) mass is 499 g/mol. The van der Waals surface area contributed by atoms with Crippen LogP contribution < -0.4 is 4.74 Å². The first-order valence-corrected chi connectivity index (χ1v) is 13.0. The van der Waals surface area contributed by atoms with E-state index >= 15 is 0 Å². The number of ether oxygens (including phenoxy) is 3. The maximum atomic E-state index is 13.0. The second-order valence-electron chi connectivity index (χ2n) is 7.85. The van der Waals surface area contributed by atoms with E-state index in [9.17, 15) is 13.2 Å². The van der Waals surface area contributed by atoms with Crippen molar-refractivity contribution < 1.29 is 27.4 Å². The average molecular weight is 500 g/mol. The van der Waals surface area contributed by atoms with E-state index in [1.54, 1.807) is 24.3 Å². The zero-order valence-electron chi connectivity index (χ0n) is 19.8. The van der Waals surface area contributed by atoms with Crippen molar-refractivity contribution >= 4 is 33.1 Å². The number of para-hydroxylation sites is 1. The van der Waals surface area contributed by atoms with Crippen LogP contribution in [0.15, 0.2) is 53.4 Å². The normalized spacial score (nSPS) is 15.0. The molecular weight excluding hydrogens is 470 g/mol. The number of imidazole rings is 1. The number of morpholine rings is 1. The van der Waals surface area contributed by atoms with Gasteiger partial charge in [0.15, 0.2) is 0 Å². The Hall–Kier alpha value is -3.21. The van der Waals surface area contributed by atoms with E-state index < -0.39 is 16.0 Å². The van der Waals surface area contributed by atoms with Crippen LogP contribution in [0.1, 0.15) is 25.2 Å². The smallest absolute Gasteiger partial charge is 0.331 e. The number of nitrogens with zero attached hydrogens (tertiary/aromatic N) is 3. The first-order valence-electron chi connectivity index (χ1n) is 11.6. The number of hydrogen-bond donors (Lipinski definition) is 0. The maximum absolute atomic E-state index is 13.0. The summed E-state index contributed by atoms with van der Waals surface area (Å²) in [5, 5.41) is 0. The third-order valence-corrected chi connectivity index (χ3v) is 7.58. The standard InChI is InChI=1S/C25H29N3O6S/c1-3-28-22-11-10-20(35(30,31)27-13-15-32-16-14-27)17-21(22)26-24(28)18-34-25(29)12-9-19-7-5-6-8-23(19)33-4-2/h5-12,17H,3-4,13-16,18H2,1-2H3/b12-9+. The number of esters is 1. The van der Waals surface area contributed by atoms with Gasteiger partial charge in [-0.2, -0.15) is 4.31 Å². The Balaban J connectivity index is 1.50. The molecule has 186 valence electrons. The van der Waals surface area contributed by atoms with E-state index in [2.05, 4.69) is 4.98 Å². The van der Waals surface area contributed by atoms with Crippen molar-refractivity contribution in [1.29, 1.82) is 0 Å². The second-order valence-corrected chi connectivity index (χ2v) is 9.79. The van der Waals surface area contributed by atoms with Gasteiger partial charge in [-0.1, -0.05) is 18.2 Å². The van der Waals surface area contributed by atoms with Crippen molar-refractivity contribution in [2.75, 3.05) is 32.9 Å². The highest BCUT2D eigenvalue weighted by Crippen LogP contribution is 2.24. The quantitative estimate of drug-likeness (QED) is 0.329. The lowest BCUT2D eigenvalue weighted by Crippen LogP contribution is -2.40. The van der Waals surface area contributed by atoms with Crippen LogP contribution in [-0.4, -0.2) is 61.2 Å². The summed E-state index contributed by atoms with van der Waals surface area (Å²) in [6.07, 6.45) is 3.00. The molecule has 0 spiro atoms. The number of carbonyl (C=O) groups excluding carboxylic acids is 1.